The smallest absolute Gasteiger partial charge is 0.339 e. The maximum Gasteiger partial charge on any atom is 0.339 e. The molecule has 0 amide bonds. The monoisotopic (exact) mass is 314 g/mol. The maximum absolute atomic E-state index is 12.2. The van der Waals surface area contributed by atoms with E-state index in [1.54, 1.807) is 7.11 Å². The standard InChI is InChI=1S/C20H26O3/c1-3-4-5-6-9-14-12-17-15-10-7-8-11-16(15)20(21)23-19(17)13-18(14)22-2/h12-13H,3-11H2,1-2H3. The molecular formula is C20H26O3. The first-order chi connectivity index (χ1) is 11.2. The fourth-order valence-corrected chi connectivity index (χ4v) is 3.64. The molecule has 1 aliphatic carbocycles. The van der Waals surface area contributed by atoms with Crippen LogP contribution in [0.2, 0.25) is 0 Å². The second-order valence-corrected chi connectivity index (χ2v) is 6.52. The number of hydrogen-bond acceptors (Lipinski definition) is 3. The van der Waals surface area contributed by atoms with E-state index in [4.69, 9.17) is 9.15 Å². The first-order valence-corrected chi connectivity index (χ1v) is 8.90. The minimum absolute atomic E-state index is 0.162. The van der Waals surface area contributed by atoms with Gasteiger partial charge in [-0.05, 0) is 55.7 Å². The zero-order valence-electron chi connectivity index (χ0n) is 14.2. The van der Waals surface area contributed by atoms with Gasteiger partial charge in [0.2, 0.25) is 0 Å². The van der Waals surface area contributed by atoms with Crippen LogP contribution in [-0.4, -0.2) is 7.11 Å². The van der Waals surface area contributed by atoms with Crippen molar-refractivity contribution in [2.75, 3.05) is 7.11 Å². The zero-order chi connectivity index (χ0) is 16.2. The lowest BCUT2D eigenvalue weighted by molar-refractivity contribution is 0.408. The van der Waals surface area contributed by atoms with Gasteiger partial charge in [0.15, 0.2) is 0 Å². The van der Waals surface area contributed by atoms with Gasteiger partial charge in [-0.15, -0.1) is 0 Å². The highest BCUT2D eigenvalue weighted by Crippen LogP contribution is 2.32. The molecular weight excluding hydrogens is 288 g/mol. The lowest BCUT2D eigenvalue weighted by Crippen LogP contribution is -2.16. The third kappa shape index (κ3) is 3.29. The van der Waals surface area contributed by atoms with Crippen LogP contribution in [0.1, 0.15) is 62.1 Å². The van der Waals surface area contributed by atoms with Crippen molar-refractivity contribution in [1.29, 1.82) is 0 Å². The molecule has 1 aromatic heterocycles. The van der Waals surface area contributed by atoms with Crippen molar-refractivity contribution in [2.45, 2.75) is 64.7 Å². The highest BCUT2D eigenvalue weighted by atomic mass is 16.5. The van der Waals surface area contributed by atoms with E-state index in [0.29, 0.717) is 5.58 Å². The fraction of sp³-hybridized carbons (Fsp3) is 0.550. The largest absolute Gasteiger partial charge is 0.496 e. The molecule has 1 aromatic carbocycles. The van der Waals surface area contributed by atoms with Crippen LogP contribution >= 0.6 is 0 Å². The Bertz CT molecular complexity index is 743. The second-order valence-electron chi connectivity index (χ2n) is 6.52. The predicted molar refractivity (Wildman–Crippen MR) is 93.5 cm³/mol. The first kappa shape index (κ1) is 16.1. The van der Waals surface area contributed by atoms with Gasteiger partial charge in [-0.2, -0.15) is 0 Å². The van der Waals surface area contributed by atoms with Crippen LogP contribution in [0.3, 0.4) is 0 Å². The molecule has 0 radical (unpaired) electrons. The molecule has 0 unspecified atom stereocenters. The van der Waals surface area contributed by atoms with Crippen LogP contribution in [0, 0.1) is 0 Å². The number of rotatable bonds is 6. The summed E-state index contributed by atoms with van der Waals surface area (Å²) < 4.78 is 11.1. The van der Waals surface area contributed by atoms with Crippen LogP contribution in [0.4, 0.5) is 0 Å². The van der Waals surface area contributed by atoms with E-state index in [1.807, 2.05) is 6.07 Å². The molecule has 3 rings (SSSR count). The molecule has 0 aliphatic heterocycles. The molecule has 0 fully saturated rings. The van der Waals surface area contributed by atoms with Crippen molar-refractivity contribution in [3.8, 4) is 5.75 Å². The zero-order valence-corrected chi connectivity index (χ0v) is 14.2. The Morgan fingerprint density at radius 1 is 1.09 bits per heavy atom. The van der Waals surface area contributed by atoms with Crippen molar-refractivity contribution in [2.24, 2.45) is 0 Å². The number of ether oxygens (including phenoxy) is 1. The minimum atomic E-state index is -0.162. The Balaban J connectivity index is 2.03. The quantitative estimate of drug-likeness (QED) is 0.568. The van der Waals surface area contributed by atoms with E-state index in [9.17, 15) is 4.79 Å². The van der Waals surface area contributed by atoms with Crippen LogP contribution in [-0.2, 0) is 19.3 Å². The molecule has 0 atom stereocenters. The summed E-state index contributed by atoms with van der Waals surface area (Å²) in [5.74, 6) is 0.841. The SMILES string of the molecule is CCCCCCc1cc2c3c(c(=O)oc2cc1OC)CCCC3. The predicted octanol–water partition coefficient (Wildman–Crippen LogP) is 4.80. The third-order valence-electron chi connectivity index (χ3n) is 4.92. The Morgan fingerprint density at radius 2 is 1.87 bits per heavy atom. The average Bonchev–Trinajstić information content (AvgIpc) is 2.59. The third-order valence-corrected chi connectivity index (χ3v) is 4.92. The second kappa shape index (κ2) is 7.20. The number of fused-ring (bicyclic) bond motifs is 3. The molecule has 0 N–H and O–H groups in total. The van der Waals surface area contributed by atoms with E-state index in [1.165, 1.54) is 36.8 Å². The van der Waals surface area contributed by atoms with Gasteiger partial charge in [0, 0.05) is 17.0 Å². The van der Waals surface area contributed by atoms with Gasteiger partial charge in [-0.25, -0.2) is 4.79 Å². The molecule has 2 aromatic rings. The highest BCUT2D eigenvalue weighted by molar-refractivity contribution is 5.84. The first-order valence-electron chi connectivity index (χ1n) is 8.90. The maximum atomic E-state index is 12.2. The average molecular weight is 314 g/mol. The molecule has 124 valence electrons. The lowest BCUT2D eigenvalue weighted by Gasteiger charge is -2.17. The molecule has 0 spiro atoms. The molecule has 3 nitrogen and oxygen atoms in total. The molecule has 23 heavy (non-hydrogen) atoms. The number of hydrogen-bond donors (Lipinski definition) is 0. The van der Waals surface area contributed by atoms with Gasteiger partial charge in [0.05, 0.1) is 7.11 Å². The Kier molecular flexibility index (Phi) is 5.04. The lowest BCUT2D eigenvalue weighted by atomic mass is 9.89. The van der Waals surface area contributed by atoms with Gasteiger partial charge >= 0.3 is 5.63 Å². The highest BCUT2D eigenvalue weighted by Gasteiger charge is 2.19. The van der Waals surface area contributed by atoms with Gasteiger partial charge in [-0.1, -0.05) is 26.2 Å². The Labute approximate surface area is 137 Å². The molecule has 0 saturated carbocycles. The van der Waals surface area contributed by atoms with Gasteiger partial charge in [0.1, 0.15) is 11.3 Å². The number of unbranched alkanes of at least 4 members (excludes halogenated alkanes) is 3. The molecule has 0 saturated heterocycles. The van der Waals surface area contributed by atoms with Gasteiger partial charge in [-0.3, -0.25) is 0 Å². The van der Waals surface area contributed by atoms with E-state index < -0.39 is 0 Å². The molecule has 1 aliphatic rings. The van der Waals surface area contributed by atoms with E-state index in [0.717, 1.165) is 48.8 Å². The normalized spacial score (nSPS) is 14.0. The van der Waals surface area contributed by atoms with Crippen LogP contribution < -0.4 is 10.4 Å². The minimum Gasteiger partial charge on any atom is -0.496 e. The molecule has 0 bridgehead atoms. The van der Waals surface area contributed by atoms with Crippen molar-refractivity contribution < 1.29 is 9.15 Å². The van der Waals surface area contributed by atoms with Crippen molar-refractivity contribution >= 4 is 11.0 Å². The summed E-state index contributed by atoms with van der Waals surface area (Å²) in [4.78, 5) is 12.2. The number of aryl methyl sites for hydroxylation is 2. The van der Waals surface area contributed by atoms with Crippen LogP contribution in [0.5, 0.6) is 5.75 Å². The van der Waals surface area contributed by atoms with Gasteiger partial charge < -0.3 is 9.15 Å². The van der Waals surface area contributed by atoms with Gasteiger partial charge in [0.25, 0.3) is 0 Å². The van der Waals surface area contributed by atoms with Crippen molar-refractivity contribution in [3.05, 3.63) is 39.2 Å². The molecule has 1 heterocycles. The van der Waals surface area contributed by atoms with E-state index >= 15 is 0 Å². The Morgan fingerprint density at radius 3 is 2.61 bits per heavy atom. The summed E-state index contributed by atoms with van der Waals surface area (Å²) >= 11 is 0. The summed E-state index contributed by atoms with van der Waals surface area (Å²) in [6.45, 7) is 2.23. The molecule has 3 heteroatoms. The van der Waals surface area contributed by atoms with Crippen molar-refractivity contribution in [1.82, 2.24) is 0 Å². The van der Waals surface area contributed by atoms with E-state index in [2.05, 4.69) is 13.0 Å². The van der Waals surface area contributed by atoms with E-state index in [-0.39, 0.29) is 5.63 Å². The number of methoxy groups -OCH3 is 1. The fourth-order valence-electron chi connectivity index (χ4n) is 3.64. The van der Waals surface area contributed by atoms with Crippen molar-refractivity contribution in [3.63, 3.8) is 0 Å². The summed E-state index contributed by atoms with van der Waals surface area (Å²) in [6.07, 6.45) is 10.0. The van der Waals surface area contributed by atoms with Crippen LogP contribution in [0.25, 0.3) is 11.0 Å². The summed E-state index contributed by atoms with van der Waals surface area (Å²) in [5, 5.41) is 1.12. The topological polar surface area (TPSA) is 39.4 Å². The summed E-state index contributed by atoms with van der Waals surface area (Å²) in [6, 6.07) is 4.11. The summed E-state index contributed by atoms with van der Waals surface area (Å²) in [5.41, 5.74) is 3.85. The summed E-state index contributed by atoms with van der Waals surface area (Å²) in [7, 11) is 1.69. The van der Waals surface area contributed by atoms with Crippen LogP contribution in [0.15, 0.2) is 21.3 Å². The Hall–Kier alpha value is -1.77. The number of benzene rings is 1.